The minimum Gasteiger partial charge on any atom is -0.481 e. The molecule has 1 aliphatic heterocycles. The molecule has 5 nitrogen and oxygen atoms in total. The largest absolute Gasteiger partial charge is 0.481 e. The van der Waals surface area contributed by atoms with Crippen molar-refractivity contribution in [3.05, 3.63) is 0 Å². The molecule has 2 aliphatic rings. The molecule has 1 aliphatic carbocycles. The average molecular weight is 283 g/mol. The Morgan fingerprint density at radius 1 is 1.15 bits per heavy atom. The smallest absolute Gasteiger partial charge is 0.306 e. The molecular formula is C15H25NO4. The number of carboxylic acid groups (broad SMARTS) is 1. The fourth-order valence-electron chi connectivity index (χ4n) is 3.19. The topological polar surface area (TPSA) is 75.6 Å². The first-order chi connectivity index (χ1) is 9.47. The number of nitrogens with one attached hydrogen (secondary N) is 1. The Balaban J connectivity index is 1.81. The van der Waals surface area contributed by atoms with Crippen LogP contribution in [0.1, 0.15) is 46.0 Å². The molecule has 1 heterocycles. The molecular weight excluding hydrogens is 258 g/mol. The molecule has 2 N–H and O–H groups in total. The van der Waals surface area contributed by atoms with E-state index in [4.69, 9.17) is 9.84 Å². The summed E-state index contributed by atoms with van der Waals surface area (Å²) in [5.41, 5.74) is 0. The summed E-state index contributed by atoms with van der Waals surface area (Å²) in [6.07, 6.45) is 3.72. The Morgan fingerprint density at radius 2 is 1.85 bits per heavy atom. The number of ether oxygens (including phenoxy) is 1. The van der Waals surface area contributed by atoms with Crippen LogP contribution in [0.4, 0.5) is 0 Å². The van der Waals surface area contributed by atoms with Gasteiger partial charge in [0.05, 0.1) is 12.0 Å². The Hall–Kier alpha value is -1.10. The fraction of sp³-hybridized carbons (Fsp3) is 0.867. The summed E-state index contributed by atoms with van der Waals surface area (Å²) in [6, 6.07) is 0.174. The van der Waals surface area contributed by atoms with Crippen LogP contribution >= 0.6 is 0 Å². The summed E-state index contributed by atoms with van der Waals surface area (Å²) in [7, 11) is 0. The van der Waals surface area contributed by atoms with Gasteiger partial charge in [0.25, 0.3) is 0 Å². The first kappa shape index (κ1) is 15.3. The second kappa shape index (κ2) is 6.57. The molecule has 0 spiro atoms. The number of hydrogen-bond donors (Lipinski definition) is 2. The number of carboxylic acids is 1. The van der Waals surface area contributed by atoms with Crippen molar-refractivity contribution in [1.29, 1.82) is 0 Å². The number of hydrogen-bond acceptors (Lipinski definition) is 3. The highest BCUT2D eigenvalue weighted by molar-refractivity contribution is 5.81. The lowest BCUT2D eigenvalue weighted by molar-refractivity contribution is -0.141. The van der Waals surface area contributed by atoms with E-state index in [1.165, 1.54) is 0 Å². The molecule has 2 fully saturated rings. The van der Waals surface area contributed by atoms with E-state index in [-0.39, 0.29) is 29.9 Å². The van der Waals surface area contributed by atoms with Crippen LogP contribution in [0.25, 0.3) is 0 Å². The van der Waals surface area contributed by atoms with E-state index in [0.717, 1.165) is 12.8 Å². The highest BCUT2D eigenvalue weighted by Gasteiger charge is 2.35. The molecule has 1 saturated carbocycles. The standard InChI is InChI=1S/C15H25NO4/c1-9(2)13-8-12(5-6-20-13)16-14(17)10-3-4-11(7-10)15(18)19/h9-13H,3-8H2,1-2H3,(H,16,17)(H,18,19)/t10-,11+,12?,13?/m1/s1. The van der Waals surface area contributed by atoms with Gasteiger partial charge in [0, 0.05) is 18.6 Å². The molecule has 1 saturated heterocycles. The van der Waals surface area contributed by atoms with Gasteiger partial charge in [-0.25, -0.2) is 0 Å². The summed E-state index contributed by atoms with van der Waals surface area (Å²) < 4.78 is 5.70. The molecule has 0 radical (unpaired) electrons. The van der Waals surface area contributed by atoms with E-state index >= 15 is 0 Å². The van der Waals surface area contributed by atoms with Gasteiger partial charge in [-0.3, -0.25) is 9.59 Å². The van der Waals surface area contributed by atoms with Crippen molar-refractivity contribution >= 4 is 11.9 Å². The van der Waals surface area contributed by atoms with E-state index in [2.05, 4.69) is 19.2 Å². The van der Waals surface area contributed by atoms with Crippen LogP contribution in [0.2, 0.25) is 0 Å². The van der Waals surface area contributed by atoms with Gasteiger partial charge in [-0.1, -0.05) is 13.8 Å². The average Bonchev–Trinajstić information content (AvgIpc) is 2.88. The van der Waals surface area contributed by atoms with E-state index in [1.54, 1.807) is 0 Å². The molecule has 0 aromatic rings. The molecule has 114 valence electrons. The number of aliphatic carboxylic acids is 1. The predicted octanol–water partition coefficient (Wildman–Crippen LogP) is 1.81. The van der Waals surface area contributed by atoms with Gasteiger partial charge in [-0.2, -0.15) is 0 Å². The van der Waals surface area contributed by atoms with Crippen molar-refractivity contribution < 1.29 is 19.4 Å². The lowest BCUT2D eigenvalue weighted by Crippen LogP contribution is -2.45. The summed E-state index contributed by atoms with van der Waals surface area (Å²) in [5, 5.41) is 12.1. The minimum absolute atomic E-state index is 0.0307. The van der Waals surface area contributed by atoms with Crippen molar-refractivity contribution in [2.24, 2.45) is 17.8 Å². The molecule has 0 bridgehead atoms. The number of carbonyl (C=O) groups is 2. The van der Waals surface area contributed by atoms with Gasteiger partial charge in [0.1, 0.15) is 0 Å². The van der Waals surface area contributed by atoms with Crippen LogP contribution in [-0.4, -0.2) is 35.7 Å². The zero-order chi connectivity index (χ0) is 14.7. The molecule has 1 amide bonds. The minimum atomic E-state index is -0.772. The molecule has 2 rings (SSSR count). The number of rotatable bonds is 4. The normalized spacial score (nSPS) is 34.1. The maximum atomic E-state index is 12.2. The second-order valence-electron chi connectivity index (χ2n) is 6.43. The first-order valence-corrected chi connectivity index (χ1v) is 7.62. The van der Waals surface area contributed by atoms with Gasteiger partial charge >= 0.3 is 5.97 Å². The van der Waals surface area contributed by atoms with Crippen molar-refractivity contribution in [3.63, 3.8) is 0 Å². The third-order valence-corrected chi connectivity index (χ3v) is 4.56. The predicted molar refractivity (Wildman–Crippen MR) is 74.2 cm³/mol. The van der Waals surface area contributed by atoms with Gasteiger partial charge in [0.15, 0.2) is 0 Å². The highest BCUT2D eigenvalue weighted by atomic mass is 16.5. The Bertz CT molecular complexity index is 369. The van der Waals surface area contributed by atoms with Crippen molar-refractivity contribution in [1.82, 2.24) is 5.32 Å². The lowest BCUT2D eigenvalue weighted by atomic mass is 9.94. The van der Waals surface area contributed by atoms with Crippen molar-refractivity contribution in [2.45, 2.75) is 58.1 Å². The third kappa shape index (κ3) is 3.72. The Kier molecular flexibility index (Phi) is 5.02. The number of amides is 1. The Morgan fingerprint density at radius 3 is 2.45 bits per heavy atom. The first-order valence-electron chi connectivity index (χ1n) is 7.62. The lowest BCUT2D eigenvalue weighted by Gasteiger charge is -2.32. The van der Waals surface area contributed by atoms with E-state index < -0.39 is 5.97 Å². The summed E-state index contributed by atoms with van der Waals surface area (Å²) >= 11 is 0. The molecule has 4 atom stereocenters. The van der Waals surface area contributed by atoms with Crippen molar-refractivity contribution in [3.8, 4) is 0 Å². The van der Waals surface area contributed by atoms with Crippen LogP contribution in [0, 0.1) is 17.8 Å². The molecule has 0 aromatic heterocycles. The highest BCUT2D eigenvalue weighted by Crippen LogP contribution is 2.31. The zero-order valence-electron chi connectivity index (χ0n) is 12.3. The third-order valence-electron chi connectivity index (χ3n) is 4.56. The van der Waals surface area contributed by atoms with Gasteiger partial charge < -0.3 is 15.2 Å². The van der Waals surface area contributed by atoms with Crippen LogP contribution in [0.3, 0.4) is 0 Å². The molecule has 0 aromatic carbocycles. The van der Waals surface area contributed by atoms with E-state index in [9.17, 15) is 9.59 Å². The van der Waals surface area contributed by atoms with Crippen LogP contribution in [-0.2, 0) is 14.3 Å². The van der Waals surface area contributed by atoms with E-state index in [1.807, 2.05) is 0 Å². The van der Waals surface area contributed by atoms with Crippen molar-refractivity contribution in [2.75, 3.05) is 6.61 Å². The Labute approximate surface area is 120 Å². The monoisotopic (exact) mass is 283 g/mol. The van der Waals surface area contributed by atoms with Gasteiger partial charge in [-0.05, 0) is 38.0 Å². The maximum Gasteiger partial charge on any atom is 0.306 e. The summed E-state index contributed by atoms with van der Waals surface area (Å²) in [5.74, 6) is -0.757. The quantitative estimate of drug-likeness (QED) is 0.825. The van der Waals surface area contributed by atoms with Gasteiger partial charge in [0.2, 0.25) is 5.91 Å². The number of carbonyl (C=O) groups excluding carboxylic acids is 1. The second-order valence-corrected chi connectivity index (χ2v) is 6.43. The summed E-state index contributed by atoms with van der Waals surface area (Å²) in [6.45, 7) is 4.95. The van der Waals surface area contributed by atoms with Gasteiger partial charge in [-0.15, -0.1) is 0 Å². The fourth-order valence-corrected chi connectivity index (χ4v) is 3.19. The molecule has 2 unspecified atom stereocenters. The van der Waals surface area contributed by atoms with Crippen LogP contribution in [0.15, 0.2) is 0 Å². The summed E-state index contributed by atoms with van der Waals surface area (Å²) in [4.78, 5) is 23.1. The van der Waals surface area contributed by atoms with Crippen LogP contribution < -0.4 is 5.32 Å². The van der Waals surface area contributed by atoms with Crippen LogP contribution in [0.5, 0.6) is 0 Å². The molecule has 5 heteroatoms. The van der Waals surface area contributed by atoms with E-state index in [0.29, 0.717) is 31.8 Å². The SMILES string of the molecule is CC(C)C1CC(NC(=O)[C@@H]2CC[C@H](C(=O)O)C2)CCO1. The maximum absolute atomic E-state index is 12.2. The molecule has 20 heavy (non-hydrogen) atoms. The zero-order valence-corrected chi connectivity index (χ0v) is 12.3.